The molecule has 0 bridgehead atoms. The van der Waals surface area contributed by atoms with Crippen molar-refractivity contribution in [1.29, 1.82) is 0 Å². The van der Waals surface area contributed by atoms with Gasteiger partial charge in [0, 0.05) is 25.3 Å². The van der Waals surface area contributed by atoms with Crippen molar-refractivity contribution in [3.05, 3.63) is 65.2 Å². The molecule has 1 aliphatic rings. The normalized spacial score (nSPS) is 15.3. The Morgan fingerprint density at radius 3 is 2.73 bits per heavy atom. The first kappa shape index (κ1) is 14.8. The van der Waals surface area contributed by atoms with Gasteiger partial charge in [0.2, 0.25) is 5.91 Å². The monoisotopic (exact) mass is 294 g/mol. The standard InChI is InChI=1S/C19H22N2O/c1-15-6-5-7-16(12-15)13-19(22)21-11-10-20(2)14-17-8-3-4-9-18(17)21/h3-9,12H,10-11,13-14H2,1-2H3. The van der Waals surface area contributed by atoms with Gasteiger partial charge in [0.1, 0.15) is 0 Å². The highest BCUT2D eigenvalue weighted by Crippen LogP contribution is 2.25. The molecule has 3 nitrogen and oxygen atoms in total. The molecule has 22 heavy (non-hydrogen) atoms. The van der Waals surface area contributed by atoms with Gasteiger partial charge in [-0.1, -0.05) is 48.0 Å². The fourth-order valence-corrected chi connectivity index (χ4v) is 3.02. The highest BCUT2D eigenvalue weighted by Gasteiger charge is 2.22. The number of para-hydroxylation sites is 1. The molecule has 3 rings (SSSR count). The lowest BCUT2D eigenvalue weighted by molar-refractivity contribution is -0.118. The number of carbonyl (C=O) groups excluding carboxylic acids is 1. The summed E-state index contributed by atoms with van der Waals surface area (Å²) >= 11 is 0. The molecule has 0 N–H and O–H groups in total. The third-order valence-electron chi connectivity index (χ3n) is 4.17. The van der Waals surface area contributed by atoms with Crippen molar-refractivity contribution < 1.29 is 4.79 Å². The summed E-state index contributed by atoms with van der Waals surface area (Å²) < 4.78 is 0. The van der Waals surface area contributed by atoms with Gasteiger partial charge in [-0.15, -0.1) is 0 Å². The molecule has 0 radical (unpaired) electrons. The van der Waals surface area contributed by atoms with Crippen molar-refractivity contribution in [3.63, 3.8) is 0 Å². The van der Waals surface area contributed by atoms with E-state index < -0.39 is 0 Å². The van der Waals surface area contributed by atoms with Gasteiger partial charge in [0.15, 0.2) is 0 Å². The summed E-state index contributed by atoms with van der Waals surface area (Å²) in [6.45, 7) is 4.60. The molecule has 0 saturated heterocycles. The van der Waals surface area contributed by atoms with Crippen LogP contribution in [0.4, 0.5) is 5.69 Å². The SMILES string of the molecule is Cc1cccc(CC(=O)N2CCN(C)Cc3ccccc32)c1. The molecule has 114 valence electrons. The van der Waals surface area contributed by atoms with Crippen LogP contribution in [-0.4, -0.2) is 30.9 Å². The fraction of sp³-hybridized carbons (Fsp3) is 0.316. The molecule has 0 fully saturated rings. The largest absolute Gasteiger partial charge is 0.311 e. The summed E-state index contributed by atoms with van der Waals surface area (Å²) in [5.41, 5.74) is 4.56. The van der Waals surface area contributed by atoms with Crippen LogP contribution in [0.15, 0.2) is 48.5 Å². The molecule has 1 heterocycles. The summed E-state index contributed by atoms with van der Waals surface area (Å²) in [7, 11) is 2.10. The van der Waals surface area contributed by atoms with E-state index in [1.54, 1.807) is 0 Å². The number of amides is 1. The van der Waals surface area contributed by atoms with Crippen LogP contribution in [0.5, 0.6) is 0 Å². The maximum absolute atomic E-state index is 12.8. The molecule has 2 aromatic carbocycles. The zero-order valence-corrected chi connectivity index (χ0v) is 13.2. The van der Waals surface area contributed by atoms with Gasteiger partial charge in [0.05, 0.1) is 6.42 Å². The molecule has 0 unspecified atom stereocenters. The quantitative estimate of drug-likeness (QED) is 0.850. The lowest BCUT2D eigenvalue weighted by atomic mass is 10.1. The third kappa shape index (κ3) is 3.20. The summed E-state index contributed by atoms with van der Waals surface area (Å²) in [4.78, 5) is 17.0. The number of nitrogens with zero attached hydrogens (tertiary/aromatic N) is 2. The Balaban J connectivity index is 1.85. The predicted octanol–water partition coefficient (Wildman–Crippen LogP) is 3.02. The first-order valence-corrected chi connectivity index (χ1v) is 7.76. The Kier molecular flexibility index (Phi) is 4.25. The van der Waals surface area contributed by atoms with Crippen LogP contribution in [0.1, 0.15) is 16.7 Å². The molecule has 0 atom stereocenters. The van der Waals surface area contributed by atoms with Crippen molar-refractivity contribution in [2.75, 3.05) is 25.0 Å². The number of aryl methyl sites for hydroxylation is 1. The first-order valence-electron chi connectivity index (χ1n) is 7.76. The highest BCUT2D eigenvalue weighted by molar-refractivity contribution is 5.95. The topological polar surface area (TPSA) is 23.6 Å². The predicted molar refractivity (Wildman–Crippen MR) is 90.0 cm³/mol. The molecule has 1 aliphatic heterocycles. The smallest absolute Gasteiger partial charge is 0.231 e. The Labute approximate surface area is 132 Å². The van der Waals surface area contributed by atoms with Crippen molar-refractivity contribution >= 4 is 11.6 Å². The average Bonchev–Trinajstić information content (AvgIpc) is 2.65. The molecule has 0 aromatic heterocycles. The molecule has 0 aliphatic carbocycles. The zero-order valence-electron chi connectivity index (χ0n) is 13.2. The molecule has 3 heteroatoms. The summed E-state index contributed by atoms with van der Waals surface area (Å²) in [5, 5.41) is 0. The van der Waals surface area contributed by atoms with E-state index in [0.29, 0.717) is 6.42 Å². The third-order valence-corrected chi connectivity index (χ3v) is 4.17. The Morgan fingerprint density at radius 1 is 1.09 bits per heavy atom. The number of likely N-dealkylation sites (N-methyl/N-ethyl adjacent to an activating group) is 1. The van der Waals surface area contributed by atoms with Crippen LogP contribution < -0.4 is 4.90 Å². The number of hydrogen-bond donors (Lipinski definition) is 0. The van der Waals surface area contributed by atoms with E-state index in [0.717, 1.165) is 30.9 Å². The Hall–Kier alpha value is -2.13. The van der Waals surface area contributed by atoms with E-state index in [9.17, 15) is 4.79 Å². The van der Waals surface area contributed by atoms with E-state index in [1.807, 2.05) is 29.2 Å². The van der Waals surface area contributed by atoms with Gasteiger partial charge in [-0.2, -0.15) is 0 Å². The van der Waals surface area contributed by atoms with Gasteiger partial charge < -0.3 is 9.80 Å². The van der Waals surface area contributed by atoms with Gasteiger partial charge >= 0.3 is 0 Å². The minimum Gasteiger partial charge on any atom is -0.311 e. The maximum atomic E-state index is 12.8. The van der Waals surface area contributed by atoms with Crippen LogP contribution >= 0.6 is 0 Å². The van der Waals surface area contributed by atoms with E-state index in [4.69, 9.17) is 0 Å². The first-order chi connectivity index (χ1) is 10.6. The number of benzene rings is 2. The Morgan fingerprint density at radius 2 is 1.91 bits per heavy atom. The van der Waals surface area contributed by atoms with Crippen LogP contribution in [0.2, 0.25) is 0 Å². The lowest BCUT2D eigenvalue weighted by Gasteiger charge is -2.23. The lowest BCUT2D eigenvalue weighted by Crippen LogP contribution is -2.36. The second-order valence-electron chi connectivity index (χ2n) is 6.08. The molecule has 0 spiro atoms. The zero-order chi connectivity index (χ0) is 15.5. The molecule has 0 saturated carbocycles. The summed E-state index contributed by atoms with van der Waals surface area (Å²) in [6.07, 6.45) is 0.458. The Bertz CT molecular complexity index is 681. The highest BCUT2D eigenvalue weighted by atomic mass is 16.2. The van der Waals surface area contributed by atoms with Gasteiger partial charge in [-0.3, -0.25) is 4.79 Å². The number of carbonyl (C=O) groups is 1. The summed E-state index contributed by atoms with van der Waals surface area (Å²) in [6, 6.07) is 16.4. The van der Waals surface area contributed by atoms with E-state index in [1.165, 1.54) is 11.1 Å². The minimum absolute atomic E-state index is 0.174. The fourth-order valence-electron chi connectivity index (χ4n) is 3.02. The molecular formula is C19H22N2O. The number of fused-ring (bicyclic) bond motifs is 1. The van der Waals surface area contributed by atoms with Gasteiger partial charge in [0.25, 0.3) is 0 Å². The van der Waals surface area contributed by atoms with E-state index in [-0.39, 0.29) is 5.91 Å². The van der Waals surface area contributed by atoms with Crippen LogP contribution in [0.3, 0.4) is 0 Å². The number of rotatable bonds is 2. The molecule has 1 amide bonds. The van der Waals surface area contributed by atoms with E-state index in [2.05, 4.69) is 43.1 Å². The maximum Gasteiger partial charge on any atom is 0.231 e. The van der Waals surface area contributed by atoms with Crippen LogP contribution in [0, 0.1) is 6.92 Å². The average molecular weight is 294 g/mol. The molecular weight excluding hydrogens is 272 g/mol. The van der Waals surface area contributed by atoms with E-state index >= 15 is 0 Å². The van der Waals surface area contributed by atoms with Crippen molar-refractivity contribution in [3.8, 4) is 0 Å². The van der Waals surface area contributed by atoms with Crippen molar-refractivity contribution in [1.82, 2.24) is 4.90 Å². The van der Waals surface area contributed by atoms with Crippen molar-refractivity contribution in [2.45, 2.75) is 19.9 Å². The van der Waals surface area contributed by atoms with Crippen LogP contribution in [-0.2, 0) is 17.8 Å². The van der Waals surface area contributed by atoms with Gasteiger partial charge in [-0.25, -0.2) is 0 Å². The second kappa shape index (κ2) is 6.32. The minimum atomic E-state index is 0.174. The summed E-state index contributed by atoms with van der Waals surface area (Å²) in [5.74, 6) is 0.174. The second-order valence-corrected chi connectivity index (χ2v) is 6.08. The van der Waals surface area contributed by atoms with Crippen LogP contribution in [0.25, 0.3) is 0 Å². The van der Waals surface area contributed by atoms with Gasteiger partial charge in [-0.05, 0) is 31.2 Å². The number of anilines is 1. The van der Waals surface area contributed by atoms with Crippen molar-refractivity contribution in [2.24, 2.45) is 0 Å². The molecule has 2 aromatic rings. The number of hydrogen-bond acceptors (Lipinski definition) is 2.